The van der Waals surface area contributed by atoms with E-state index < -0.39 is 34.2 Å². The number of ether oxygens (including phenoxy) is 1. The van der Waals surface area contributed by atoms with Gasteiger partial charge < -0.3 is 4.74 Å². The molecule has 0 radical (unpaired) electrons. The van der Waals surface area contributed by atoms with E-state index in [0.29, 0.717) is 0 Å². The summed E-state index contributed by atoms with van der Waals surface area (Å²) in [6.07, 6.45) is -0.245. The van der Waals surface area contributed by atoms with E-state index in [9.17, 15) is 17.6 Å². The van der Waals surface area contributed by atoms with Crippen molar-refractivity contribution in [3.8, 4) is 5.75 Å². The Morgan fingerprint density at radius 3 is 2.24 bits per heavy atom. The van der Waals surface area contributed by atoms with E-state index in [1.807, 2.05) is 0 Å². The van der Waals surface area contributed by atoms with Crippen LogP contribution in [0.3, 0.4) is 0 Å². The first-order valence-electron chi connectivity index (χ1n) is 6.04. The fourth-order valence-corrected chi connectivity index (χ4v) is 2.35. The first-order valence-corrected chi connectivity index (χ1v) is 6.47. The van der Waals surface area contributed by atoms with Crippen molar-refractivity contribution in [2.75, 3.05) is 7.11 Å². The van der Waals surface area contributed by atoms with Crippen LogP contribution in [0.5, 0.6) is 5.75 Å². The van der Waals surface area contributed by atoms with Crippen molar-refractivity contribution >= 4 is 11.6 Å². The van der Waals surface area contributed by atoms with E-state index in [1.165, 1.54) is 19.2 Å². The zero-order valence-electron chi connectivity index (χ0n) is 11.0. The summed E-state index contributed by atoms with van der Waals surface area (Å²) < 4.78 is 59.1. The van der Waals surface area contributed by atoms with Gasteiger partial charge in [-0.05, 0) is 18.1 Å². The quantitative estimate of drug-likeness (QED) is 0.582. The van der Waals surface area contributed by atoms with Gasteiger partial charge in [-0.25, -0.2) is 17.6 Å². The Bertz CT molecular complexity index is 637. The van der Waals surface area contributed by atoms with E-state index in [1.54, 1.807) is 0 Å². The van der Waals surface area contributed by atoms with Gasteiger partial charge >= 0.3 is 0 Å². The molecule has 0 saturated heterocycles. The largest absolute Gasteiger partial charge is 0.497 e. The van der Waals surface area contributed by atoms with Crippen LogP contribution in [0.4, 0.5) is 17.6 Å². The van der Waals surface area contributed by atoms with E-state index in [2.05, 4.69) is 0 Å². The zero-order chi connectivity index (χ0) is 15.6. The monoisotopic (exact) mass is 318 g/mol. The summed E-state index contributed by atoms with van der Waals surface area (Å²) in [7, 11) is 1.27. The highest BCUT2D eigenvalue weighted by Gasteiger charge is 2.22. The Labute approximate surface area is 124 Å². The van der Waals surface area contributed by atoms with Crippen molar-refractivity contribution < 1.29 is 22.3 Å². The molecule has 0 aromatic heterocycles. The van der Waals surface area contributed by atoms with Crippen LogP contribution in [0.1, 0.15) is 16.5 Å². The average Bonchev–Trinajstić information content (AvgIpc) is 2.43. The second-order valence-electron chi connectivity index (χ2n) is 4.39. The summed E-state index contributed by atoms with van der Waals surface area (Å²) in [4.78, 5) is 0. The SMILES string of the molecule is COc1cc(F)c(C(Cl)Cc2cccc(F)c2F)c(F)c1. The maximum absolute atomic E-state index is 13.9. The lowest BCUT2D eigenvalue weighted by Gasteiger charge is -2.14. The Hall–Kier alpha value is -1.75. The van der Waals surface area contributed by atoms with E-state index in [0.717, 1.165) is 18.2 Å². The summed E-state index contributed by atoms with van der Waals surface area (Å²) in [5, 5.41) is -1.17. The van der Waals surface area contributed by atoms with Crippen LogP contribution in [0.15, 0.2) is 30.3 Å². The van der Waals surface area contributed by atoms with Crippen molar-refractivity contribution in [3.05, 3.63) is 64.7 Å². The van der Waals surface area contributed by atoms with Gasteiger partial charge in [0.05, 0.1) is 12.5 Å². The van der Waals surface area contributed by atoms with Gasteiger partial charge in [0.1, 0.15) is 17.4 Å². The molecule has 2 aromatic rings. The van der Waals surface area contributed by atoms with Gasteiger partial charge in [-0.2, -0.15) is 0 Å². The van der Waals surface area contributed by atoms with Crippen LogP contribution in [0.25, 0.3) is 0 Å². The Morgan fingerprint density at radius 1 is 1.05 bits per heavy atom. The number of hydrogen-bond acceptors (Lipinski definition) is 1. The second-order valence-corrected chi connectivity index (χ2v) is 4.92. The standard InChI is InChI=1S/C15H11ClF4O/c1-21-9-6-12(18)14(13(19)7-9)10(16)5-8-3-2-4-11(17)15(8)20/h2-4,6-7,10H,5H2,1H3. The fourth-order valence-electron chi connectivity index (χ4n) is 1.98. The van der Waals surface area contributed by atoms with Crippen molar-refractivity contribution in [1.82, 2.24) is 0 Å². The maximum Gasteiger partial charge on any atom is 0.162 e. The predicted molar refractivity (Wildman–Crippen MR) is 71.6 cm³/mol. The third-order valence-electron chi connectivity index (χ3n) is 3.03. The van der Waals surface area contributed by atoms with Crippen molar-refractivity contribution in [3.63, 3.8) is 0 Å². The fraction of sp³-hybridized carbons (Fsp3) is 0.200. The van der Waals surface area contributed by atoms with E-state index >= 15 is 0 Å². The third kappa shape index (κ3) is 3.29. The Kier molecular flexibility index (Phi) is 4.73. The molecule has 0 aliphatic rings. The normalized spacial score (nSPS) is 12.3. The molecule has 0 saturated carbocycles. The number of halogens is 5. The first-order chi connectivity index (χ1) is 9.93. The highest BCUT2D eigenvalue weighted by atomic mass is 35.5. The topological polar surface area (TPSA) is 9.23 Å². The molecular weight excluding hydrogens is 308 g/mol. The summed E-state index contributed by atoms with van der Waals surface area (Å²) in [6, 6.07) is 5.54. The molecule has 0 amide bonds. The molecule has 0 fully saturated rings. The minimum Gasteiger partial charge on any atom is -0.497 e. The summed E-state index contributed by atoms with van der Waals surface area (Å²) >= 11 is 5.96. The molecule has 1 unspecified atom stereocenters. The number of rotatable bonds is 4. The lowest BCUT2D eigenvalue weighted by molar-refractivity contribution is 0.405. The molecule has 0 heterocycles. The number of methoxy groups -OCH3 is 1. The van der Waals surface area contributed by atoms with Gasteiger partial charge in [0.15, 0.2) is 11.6 Å². The summed E-state index contributed by atoms with van der Waals surface area (Å²) in [5.41, 5.74) is -0.453. The molecule has 6 heteroatoms. The van der Waals surface area contributed by atoms with Crippen LogP contribution < -0.4 is 4.74 Å². The Morgan fingerprint density at radius 2 is 1.67 bits per heavy atom. The van der Waals surface area contributed by atoms with Crippen LogP contribution in [0, 0.1) is 23.3 Å². The predicted octanol–water partition coefficient (Wildman–Crippen LogP) is 4.77. The van der Waals surface area contributed by atoms with Gasteiger partial charge in [-0.3, -0.25) is 0 Å². The molecule has 2 rings (SSSR count). The molecule has 21 heavy (non-hydrogen) atoms. The second kappa shape index (κ2) is 6.35. The van der Waals surface area contributed by atoms with Crippen LogP contribution in [-0.4, -0.2) is 7.11 Å². The van der Waals surface area contributed by atoms with E-state index in [4.69, 9.17) is 16.3 Å². The van der Waals surface area contributed by atoms with Crippen molar-refractivity contribution in [1.29, 1.82) is 0 Å². The van der Waals surface area contributed by atoms with Gasteiger partial charge in [0.25, 0.3) is 0 Å². The molecule has 0 bridgehead atoms. The molecule has 0 N–H and O–H groups in total. The summed E-state index contributed by atoms with van der Waals surface area (Å²) in [6.45, 7) is 0. The van der Waals surface area contributed by atoms with Crippen LogP contribution in [-0.2, 0) is 6.42 Å². The molecule has 2 aromatic carbocycles. The molecular formula is C15H11ClF4O. The van der Waals surface area contributed by atoms with E-state index in [-0.39, 0.29) is 17.7 Å². The molecule has 0 aliphatic heterocycles. The van der Waals surface area contributed by atoms with Gasteiger partial charge in [0.2, 0.25) is 0 Å². The van der Waals surface area contributed by atoms with Crippen molar-refractivity contribution in [2.45, 2.75) is 11.8 Å². The minimum absolute atomic E-state index is 0.00885. The molecule has 1 nitrogen and oxygen atoms in total. The Balaban J connectivity index is 2.32. The van der Waals surface area contributed by atoms with Crippen LogP contribution in [0.2, 0.25) is 0 Å². The zero-order valence-corrected chi connectivity index (χ0v) is 11.7. The van der Waals surface area contributed by atoms with Gasteiger partial charge in [-0.15, -0.1) is 11.6 Å². The van der Waals surface area contributed by atoms with Crippen molar-refractivity contribution in [2.24, 2.45) is 0 Å². The molecule has 0 spiro atoms. The molecule has 112 valence electrons. The smallest absolute Gasteiger partial charge is 0.162 e. The van der Waals surface area contributed by atoms with Crippen LogP contribution >= 0.6 is 11.6 Å². The minimum atomic E-state index is -1.17. The lowest BCUT2D eigenvalue weighted by Crippen LogP contribution is -2.05. The molecule has 0 aliphatic carbocycles. The lowest BCUT2D eigenvalue weighted by atomic mass is 10.0. The van der Waals surface area contributed by atoms with Gasteiger partial charge in [-0.1, -0.05) is 12.1 Å². The van der Waals surface area contributed by atoms with Gasteiger partial charge in [0, 0.05) is 17.7 Å². The molecule has 1 atom stereocenters. The highest BCUT2D eigenvalue weighted by Crippen LogP contribution is 2.32. The summed E-state index contributed by atoms with van der Waals surface area (Å²) in [5.74, 6) is -3.90. The average molecular weight is 319 g/mol. The number of alkyl halides is 1. The maximum atomic E-state index is 13.9. The first kappa shape index (κ1) is 15.6. The number of hydrogen-bond donors (Lipinski definition) is 0. The number of benzene rings is 2. The highest BCUT2D eigenvalue weighted by molar-refractivity contribution is 6.21. The third-order valence-corrected chi connectivity index (χ3v) is 3.40.